The highest BCUT2D eigenvalue weighted by atomic mass is 15.6. The highest BCUT2D eigenvalue weighted by Gasteiger charge is 2.11. The van der Waals surface area contributed by atoms with Gasteiger partial charge in [0.05, 0.1) is 32.2 Å². The number of H-pyrrole nitrogens is 1. The summed E-state index contributed by atoms with van der Waals surface area (Å²) in [5.41, 5.74) is 10.2. The third kappa shape index (κ3) is 22.7. The van der Waals surface area contributed by atoms with Crippen LogP contribution in [0.15, 0.2) is 79.0 Å². The Morgan fingerprint density at radius 2 is 1.31 bits per heavy atom. The van der Waals surface area contributed by atoms with E-state index in [1.807, 2.05) is 51.1 Å². The zero-order chi connectivity index (χ0) is 47.1. The standard InChI is InChI=1S/3C8H13N.2C7H12N2.C5H10N4.C5H9N3/c2*1-6(2)8-4-7(3)9-5-8;1-6(2)8-5-4-7(3)9-8;1-6(2)7-4-9(3)5-8-7;1-5(2)7-4-8-6(3)9-7;1-4(2)5-6-8-9(3)7-5;1-4(2)5-6-3-7-8-5/h5-6H,4H2,1-3H3;2*4,6H,5H2,1-3H3;4-6H,1-3H3;5H,4H2,1-3H3;4H,1-3H3;3-4H,1-2H3,(H,6,7,8). The highest BCUT2D eigenvalue weighted by Crippen LogP contribution is 2.19. The third-order valence-electron chi connectivity index (χ3n) is 9.67. The number of hydrogen-bond acceptors (Lipinski definition) is 11. The number of tetrazole rings is 1. The Bertz CT molecular complexity index is 1850. The van der Waals surface area contributed by atoms with Crippen molar-refractivity contribution in [2.24, 2.45) is 62.7 Å². The summed E-state index contributed by atoms with van der Waals surface area (Å²) < 4.78 is 1.97. The molecule has 3 aromatic rings. The zero-order valence-corrected chi connectivity index (χ0v) is 42.1. The Hall–Kier alpha value is -5.01. The minimum atomic E-state index is 0.374. The second kappa shape index (κ2) is 28.6. The molecule has 0 bridgehead atoms. The predicted molar refractivity (Wildman–Crippen MR) is 263 cm³/mol. The first-order valence-electron chi connectivity index (χ1n) is 22.3. The van der Waals surface area contributed by atoms with E-state index < -0.39 is 0 Å². The van der Waals surface area contributed by atoms with Gasteiger partial charge in [0.1, 0.15) is 18.0 Å². The average molecular weight is 855 g/mol. The van der Waals surface area contributed by atoms with E-state index in [4.69, 9.17) is 0 Å². The molecule has 4 aliphatic rings. The first-order chi connectivity index (χ1) is 29.0. The van der Waals surface area contributed by atoms with E-state index in [-0.39, 0.29) is 0 Å². The number of rotatable bonds is 7. The molecule has 14 heteroatoms. The van der Waals surface area contributed by atoms with E-state index in [2.05, 4.69) is 177 Å². The fourth-order valence-electron chi connectivity index (χ4n) is 5.33. The summed E-state index contributed by atoms with van der Waals surface area (Å²) >= 11 is 0. The third-order valence-corrected chi connectivity index (χ3v) is 9.67. The average Bonchev–Trinajstić information content (AvgIpc) is 4.04. The van der Waals surface area contributed by atoms with E-state index in [0.29, 0.717) is 41.4 Å². The second-order valence-corrected chi connectivity index (χ2v) is 18.1. The van der Waals surface area contributed by atoms with Gasteiger partial charge in [0.2, 0.25) is 0 Å². The molecule has 7 rings (SSSR count). The first kappa shape index (κ1) is 55.0. The van der Waals surface area contributed by atoms with Gasteiger partial charge in [-0.2, -0.15) is 9.90 Å². The molecule has 1 N–H and O–H groups in total. The van der Waals surface area contributed by atoms with Crippen molar-refractivity contribution in [3.63, 3.8) is 0 Å². The van der Waals surface area contributed by atoms with Crippen LogP contribution in [0.4, 0.5) is 0 Å². The molecule has 0 aromatic carbocycles. The summed E-state index contributed by atoms with van der Waals surface area (Å²) in [4.78, 5) is 30.8. The highest BCUT2D eigenvalue weighted by molar-refractivity contribution is 6.03. The Morgan fingerprint density at radius 1 is 0.661 bits per heavy atom. The molecule has 0 fully saturated rings. The van der Waals surface area contributed by atoms with Gasteiger partial charge in [-0.1, -0.05) is 103 Å². The Labute approximate surface area is 375 Å². The molecule has 0 saturated carbocycles. The van der Waals surface area contributed by atoms with Crippen molar-refractivity contribution in [2.75, 3.05) is 13.1 Å². The first-order valence-corrected chi connectivity index (χ1v) is 22.3. The van der Waals surface area contributed by atoms with Gasteiger partial charge in [-0.15, -0.1) is 10.2 Å². The lowest BCUT2D eigenvalue weighted by Gasteiger charge is -2.02. The fraction of sp³-hybridized carbons (Fsp3) is 0.646. The van der Waals surface area contributed by atoms with Gasteiger partial charge in [-0.3, -0.25) is 25.1 Å². The maximum Gasteiger partial charge on any atom is 0.177 e. The van der Waals surface area contributed by atoms with Crippen LogP contribution in [-0.2, 0) is 14.1 Å². The molecule has 0 unspecified atom stereocenters. The zero-order valence-electron chi connectivity index (χ0n) is 42.1. The molecule has 344 valence electrons. The van der Waals surface area contributed by atoms with E-state index >= 15 is 0 Å². The molecule has 0 radical (unpaired) electrons. The van der Waals surface area contributed by atoms with Crippen molar-refractivity contribution < 1.29 is 0 Å². The van der Waals surface area contributed by atoms with Gasteiger partial charge in [0.15, 0.2) is 5.82 Å². The Balaban J connectivity index is 0.000000362. The van der Waals surface area contributed by atoms with Crippen LogP contribution >= 0.6 is 0 Å². The minimum Gasteiger partial charge on any atom is -0.340 e. The largest absolute Gasteiger partial charge is 0.340 e. The predicted octanol–water partition coefficient (Wildman–Crippen LogP) is 11.1. The number of aryl methyl sites for hydroxylation is 2. The second-order valence-electron chi connectivity index (χ2n) is 18.1. The van der Waals surface area contributed by atoms with Crippen molar-refractivity contribution >= 4 is 28.7 Å². The van der Waals surface area contributed by atoms with Gasteiger partial charge < -0.3 is 4.57 Å². The van der Waals surface area contributed by atoms with Crippen LogP contribution in [0.3, 0.4) is 0 Å². The van der Waals surface area contributed by atoms with Gasteiger partial charge in [-0.05, 0) is 79.7 Å². The summed E-state index contributed by atoms with van der Waals surface area (Å²) in [6, 6.07) is 0. The number of nitrogens with zero attached hydrogens (tertiary/aromatic N) is 13. The Kier molecular flexibility index (Phi) is 25.3. The molecule has 3 aromatic heterocycles. The molecule has 4 aliphatic heterocycles. The van der Waals surface area contributed by atoms with Crippen LogP contribution < -0.4 is 0 Å². The number of aliphatic imine (C=N–C) groups is 5. The lowest BCUT2D eigenvalue weighted by atomic mass is 10.0. The Morgan fingerprint density at radius 3 is 1.53 bits per heavy atom. The fourth-order valence-corrected chi connectivity index (χ4v) is 5.33. The SMILES string of the molecule is CC(C)c1cn(C)cn1.CC(C)c1ncn[nH]1.CC(C)c1nnn(C)n1.CC1=CCC(C(C)C)=N1.CC1=NC=C(C(C)C)C1.CC1=NCC(C(C)C)=C1.CC1=NCC(C(C)C)=N1. The molecular weight excluding hydrogens is 773 g/mol. The molecular formula is C48H82N14. The van der Waals surface area contributed by atoms with E-state index in [1.165, 1.54) is 50.8 Å². The van der Waals surface area contributed by atoms with Crippen LogP contribution in [-0.4, -0.2) is 86.7 Å². The van der Waals surface area contributed by atoms with Gasteiger partial charge >= 0.3 is 0 Å². The van der Waals surface area contributed by atoms with E-state index in [0.717, 1.165) is 49.1 Å². The number of amidine groups is 1. The summed E-state index contributed by atoms with van der Waals surface area (Å²) in [5.74, 6) is 6.59. The smallest absolute Gasteiger partial charge is 0.177 e. The van der Waals surface area contributed by atoms with Crippen molar-refractivity contribution in [3.8, 4) is 0 Å². The summed E-state index contributed by atoms with van der Waals surface area (Å²) in [7, 11) is 3.75. The number of nitrogens with one attached hydrogen (secondary N) is 1. The number of aromatic amines is 1. The number of aromatic nitrogens is 9. The number of allylic oxidation sites excluding steroid dienone is 4. The van der Waals surface area contributed by atoms with Gasteiger partial charge in [0, 0.05) is 72.7 Å². The summed E-state index contributed by atoms with van der Waals surface area (Å²) in [6.45, 7) is 39.9. The lowest BCUT2D eigenvalue weighted by Crippen LogP contribution is -2.07. The van der Waals surface area contributed by atoms with Crippen LogP contribution in [0.5, 0.6) is 0 Å². The molecule has 0 spiro atoms. The molecule has 0 atom stereocenters. The van der Waals surface area contributed by atoms with Crippen molar-refractivity contribution in [3.05, 3.63) is 71.4 Å². The van der Waals surface area contributed by atoms with E-state index in [9.17, 15) is 0 Å². The van der Waals surface area contributed by atoms with Crippen molar-refractivity contribution in [1.29, 1.82) is 0 Å². The summed E-state index contributed by atoms with van der Waals surface area (Å²) in [5, 5.41) is 18.0. The lowest BCUT2D eigenvalue weighted by molar-refractivity contribution is 0.625. The van der Waals surface area contributed by atoms with E-state index in [1.54, 1.807) is 7.05 Å². The maximum atomic E-state index is 4.37. The normalized spacial score (nSPS) is 15.0. The minimum absolute atomic E-state index is 0.374. The van der Waals surface area contributed by atoms with Gasteiger partial charge in [-0.25, -0.2) is 15.0 Å². The molecule has 0 saturated heterocycles. The molecule has 0 aliphatic carbocycles. The van der Waals surface area contributed by atoms with Gasteiger partial charge in [0.25, 0.3) is 0 Å². The van der Waals surface area contributed by atoms with Crippen molar-refractivity contribution in [2.45, 2.75) is 155 Å². The van der Waals surface area contributed by atoms with Crippen molar-refractivity contribution in [1.82, 2.24) is 44.9 Å². The van der Waals surface area contributed by atoms with Crippen LogP contribution in [0.2, 0.25) is 0 Å². The topological polar surface area (TPSA) is 165 Å². The van der Waals surface area contributed by atoms with Crippen LogP contribution in [0.25, 0.3) is 0 Å². The van der Waals surface area contributed by atoms with Crippen LogP contribution in [0, 0.1) is 23.7 Å². The quantitative estimate of drug-likeness (QED) is 0.248. The number of imidazole rings is 1. The molecule has 14 nitrogen and oxygen atoms in total. The monoisotopic (exact) mass is 855 g/mol. The summed E-state index contributed by atoms with van der Waals surface area (Å²) in [6.07, 6.45) is 13.9. The van der Waals surface area contributed by atoms with Crippen LogP contribution in [0.1, 0.15) is 173 Å². The molecule has 62 heavy (non-hydrogen) atoms. The molecule has 7 heterocycles. The number of hydrogen-bond donors (Lipinski definition) is 1. The maximum absolute atomic E-state index is 4.37. The molecule has 0 amide bonds.